The first-order valence-corrected chi connectivity index (χ1v) is 11.4. The summed E-state index contributed by atoms with van der Waals surface area (Å²) in [6.07, 6.45) is 1.48. The van der Waals surface area contributed by atoms with E-state index < -0.39 is 17.8 Å². The Morgan fingerprint density at radius 1 is 1.12 bits per heavy atom. The van der Waals surface area contributed by atoms with Gasteiger partial charge < -0.3 is 24.4 Å². The summed E-state index contributed by atoms with van der Waals surface area (Å²) >= 11 is 0. The third-order valence-electron chi connectivity index (χ3n) is 6.02. The number of likely N-dealkylation sites (tertiary alicyclic amines) is 1. The second-order valence-electron chi connectivity index (χ2n) is 8.30. The normalized spacial score (nSPS) is 15.2. The molecule has 8 heteroatoms. The van der Waals surface area contributed by atoms with Gasteiger partial charge in [-0.1, -0.05) is 31.2 Å². The van der Waals surface area contributed by atoms with Crippen LogP contribution >= 0.6 is 0 Å². The van der Waals surface area contributed by atoms with Crippen molar-refractivity contribution < 1.29 is 28.6 Å². The number of amides is 2. The number of benzene rings is 2. The van der Waals surface area contributed by atoms with Crippen molar-refractivity contribution in [1.29, 1.82) is 0 Å². The van der Waals surface area contributed by atoms with E-state index >= 15 is 0 Å². The minimum Gasteiger partial charge on any atom is -0.493 e. The highest BCUT2D eigenvalue weighted by atomic mass is 16.5. The molecule has 0 saturated carbocycles. The second kappa shape index (κ2) is 11.5. The molecule has 0 bridgehead atoms. The highest BCUT2D eigenvalue weighted by molar-refractivity contribution is 5.95. The van der Waals surface area contributed by atoms with Crippen molar-refractivity contribution in [3.05, 3.63) is 53.1 Å². The quantitative estimate of drug-likeness (QED) is 0.539. The lowest BCUT2D eigenvalue weighted by Crippen LogP contribution is -2.30. The molecule has 1 saturated heterocycles. The molecular weight excluding hydrogens is 436 g/mol. The summed E-state index contributed by atoms with van der Waals surface area (Å²) in [4.78, 5) is 38.9. The fourth-order valence-corrected chi connectivity index (χ4v) is 4.08. The van der Waals surface area contributed by atoms with Crippen LogP contribution in [0.3, 0.4) is 0 Å². The molecule has 0 unspecified atom stereocenters. The second-order valence-corrected chi connectivity index (χ2v) is 8.30. The Hall–Kier alpha value is -3.55. The summed E-state index contributed by atoms with van der Waals surface area (Å²) in [5, 5.41) is 2.84. The van der Waals surface area contributed by atoms with E-state index in [1.807, 2.05) is 50.2 Å². The number of carbonyl (C=O) groups excluding carboxylic acids is 3. The first kappa shape index (κ1) is 25.1. The van der Waals surface area contributed by atoms with Crippen LogP contribution < -0.4 is 14.8 Å². The monoisotopic (exact) mass is 468 g/mol. The van der Waals surface area contributed by atoms with Gasteiger partial charge in [-0.25, -0.2) is 0 Å². The van der Waals surface area contributed by atoms with Gasteiger partial charge >= 0.3 is 5.97 Å². The van der Waals surface area contributed by atoms with Crippen LogP contribution in [0.1, 0.15) is 30.0 Å². The maximum absolute atomic E-state index is 12.5. The van der Waals surface area contributed by atoms with E-state index in [4.69, 9.17) is 14.2 Å². The SMILES string of the molecule is CCc1cccc(C)c1NC(=O)COC(=O)[C@H]1CC(=O)N(CCc2ccc(OC)c(OC)c2)C1. The number of aryl methyl sites for hydroxylation is 2. The summed E-state index contributed by atoms with van der Waals surface area (Å²) < 4.78 is 15.8. The molecule has 34 heavy (non-hydrogen) atoms. The Morgan fingerprint density at radius 2 is 1.88 bits per heavy atom. The smallest absolute Gasteiger partial charge is 0.311 e. The summed E-state index contributed by atoms with van der Waals surface area (Å²) in [7, 11) is 3.15. The Labute approximate surface area is 200 Å². The van der Waals surface area contributed by atoms with Gasteiger partial charge in [-0.3, -0.25) is 14.4 Å². The number of hydrogen-bond acceptors (Lipinski definition) is 6. The number of carbonyl (C=O) groups is 3. The minimum atomic E-state index is -0.574. The summed E-state index contributed by atoms with van der Waals surface area (Å²) in [6.45, 7) is 4.31. The number of esters is 1. The Morgan fingerprint density at radius 3 is 2.59 bits per heavy atom. The molecule has 8 nitrogen and oxygen atoms in total. The standard InChI is InChI=1S/C26H32N2O6/c1-5-19-8-6-7-17(2)25(19)27-23(29)16-34-26(31)20-14-24(30)28(15-20)12-11-18-9-10-21(32-3)22(13-18)33-4/h6-10,13,20H,5,11-12,14-16H2,1-4H3,(H,27,29)/t20-/m0/s1. The van der Waals surface area contributed by atoms with E-state index in [0.29, 0.717) is 24.5 Å². The van der Waals surface area contributed by atoms with Gasteiger partial charge in [0.1, 0.15) is 0 Å². The molecule has 182 valence electrons. The molecule has 0 radical (unpaired) electrons. The van der Waals surface area contributed by atoms with Crippen LogP contribution in [0.25, 0.3) is 0 Å². The predicted molar refractivity (Wildman–Crippen MR) is 128 cm³/mol. The van der Waals surface area contributed by atoms with Crippen LogP contribution in [0, 0.1) is 12.8 Å². The molecule has 0 aromatic heterocycles. The Kier molecular flexibility index (Phi) is 8.51. The molecule has 2 aromatic rings. The predicted octanol–water partition coefficient (Wildman–Crippen LogP) is 3.15. The zero-order valence-corrected chi connectivity index (χ0v) is 20.2. The number of methoxy groups -OCH3 is 2. The van der Waals surface area contributed by atoms with Crippen LogP contribution in [0.4, 0.5) is 5.69 Å². The number of para-hydroxylation sites is 1. The lowest BCUT2D eigenvalue weighted by Gasteiger charge is -2.17. The molecule has 3 rings (SSSR count). The molecule has 2 amide bonds. The van der Waals surface area contributed by atoms with E-state index in [1.165, 1.54) is 0 Å². The fraction of sp³-hybridized carbons (Fsp3) is 0.423. The lowest BCUT2D eigenvalue weighted by molar-refractivity contribution is -0.151. The molecule has 1 N–H and O–H groups in total. The van der Waals surface area contributed by atoms with Gasteiger partial charge in [0.05, 0.1) is 20.1 Å². The molecule has 1 aliphatic rings. The van der Waals surface area contributed by atoms with Crippen molar-refractivity contribution in [2.24, 2.45) is 5.92 Å². The number of ether oxygens (including phenoxy) is 3. The Bertz CT molecular complexity index is 1050. The maximum Gasteiger partial charge on any atom is 0.311 e. The Balaban J connectivity index is 1.49. The molecule has 1 aliphatic heterocycles. The lowest BCUT2D eigenvalue weighted by atomic mass is 10.1. The van der Waals surface area contributed by atoms with Gasteiger partial charge in [-0.2, -0.15) is 0 Å². The molecule has 0 aliphatic carbocycles. The summed E-state index contributed by atoms with van der Waals surface area (Å²) in [5.74, 6) is -0.327. The van der Waals surface area contributed by atoms with Gasteiger partial charge in [0, 0.05) is 25.2 Å². The zero-order chi connectivity index (χ0) is 24.7. The van der Waals surface area contributed by atoms with E-state index in [-0.39, 0.29) is 25.5 Å². The largest absolute Gasteiger partial charge is 0.493 e. The van der Waals surface area contributed by atoms with Crippen LogP contribution in [0.15, 0.2) is 36.4 Å². The molecule has 0 spiro atoms. The average Bonchev–Trinajstić information content (AvgIpc) is 3.22. The van der Waals surface area contributed by atoms with Gasteiger partial charge in [0.2, 0.25) is 5.91 Å². The van der Waals surface area contributed by atoms with Crippen molar-refractivity contribution in [1.82, 2.24) is 4.90 Å². The average molecular weight is 469 g/mol. The molecule has 1 fully saturated rings. The molecule has 2 aromatic carbocycles. The first-order valence-electron chi connectivity index (χ1n) is 11.4. The topological polar surface area (TPSA) is 94.2 Å². The van der Waals surface area contributed by atoms with Gasteiger partial charge in [-0.05, 0) is 48.6 Å². The zero-order valence-electron chi connectivity index (χ0n) is 20.2. The third kappa shape index (κ3) is 6.07. The van der Waals surface area contributed by atoms with Crippen LogP contribution in [0.2, 0.25) is 0 Å². The van der Waals surface area contributed by atoms with Gasteiger partial charge in [0.15, 0.2) is 18.1 Å². The van der Waals surface area contributed by atoms with Crippen molar-refractivity contribution in [2.75, 3.05) is 39.2 Å². The van der Waals surface area contributed by atoms with Crippen molar-refractivity contribution in [3.63, 3.8) is 0 Å². The first-order chi connectivity index (χ1) is 16.4. The third-order valence-corrected chi connectivity index (χ3v) is 6.02. The van der Waals surface area contributed by atoms with Crippen LogP contribution in [-0.4, -0.2) is 56.6 Å². The number of nitrogens with zero attached hydrogens (tertiary/aromatic N) is 1. The highest BCUT2D eigenvalue weighted by Gasteiger charge is 2.35. The van der Waals surface area contributed by atoms with E-state index in [2.05, 4.69) is 5.32 Å². The fourth-order valence-electron chi connectivity index (χ4n) is 4.08. The van der Waals surface area contributed by atoms with Crippen molar-refractivity contribution in [3.8, 4) is 11.5 Å². The van der Waals surface area contributed by atoms with E-state index in [1.54, 1.807) is 19.1 Å². The van der Waals surface area contributed by atoms with Gasteiger partial charge in [0.25, 0.3) is 5.91 Å². The summed E-state index contributed by atoms with van der Waals surface area (Å²) in [5.41, 5.74) is 3.72. The number of anilines is 1. The van der Waals surface area contributed by atoms with Crippen LogP contribution in [-0.2, 0) is 32.0 Å². The van der Waals surface area contributed by atoms with Crippen molar-refractivity contribution >= 4 is 23.5 Å². The van der Waals surface area contributed by atoms with E-state index in [0.717, 1.165) is 28.8 Å². The molecule has 1 atom stereocenters. The minimum absolute atomic E-state index is 0.0875. The van der Waals surface area contributed by atoms with Crippen molar-refractivity contribution in [2.45, 2.75) is 33.1 Å². The summed E-state index contributed by atoms with van der Waals surface area (Å²) in [6, 6.07) is 11.4. The number of rotatable bonds is 10. The number of hydrogen-bond donors (Lipinski definition) is 1. The maximum atomic E-state index is 12.5. The van der Waals surface area contributed by atoms with Crippen LogP contribution in [0.5, 0.6) is 11.5 Å². The molecular formula is C26H32N2O6. The molecule has 1 heterocycles. The highest BCUT2D eigenvalue weighted by Crippen LogP contribution is 2.28. The number of nitrogens with one attached hydrogen (secondary N) is 1. The van der Waals surface area contributed by atoms with Gasteiger partial charge in [-0.15, -0.1) is 0 Å². The van der Waals surface area contributed by atoms with E-state index in [9.17, 15) is 14.4 Å².